The van der Waals surface area contributed by atoms with Crippen LogP contribution < -0.4 is 9.62 Å². The van der Waals surface area contributed by atoms with Gasteiger partial charge in [-0.3, -0.25) is 13.9 Å². The number of sulfonamides is 1. The van der Waals surface area contributed by atoms with Crippen molar-refractivity contribution in [3.8, 4) is 0 Å². The number of anilines is 1. The van der Waals surface area contributed by atoms with Crippen LogP contribution in [0.5, 0.6) is 0 Å². The van der Waals surface area contributed by atoms with Crippen LogP contribution in [0.25, 0.3) is 0 Å². The minimum atomic E-state index is -3.53. The van der Waals surface area contributed by atoms with E-state index in [1.807, 2.05) is 13.0 Å². The number of nitrogens with zero attached hydrogens (tertiary/aromatic N) is 2. The van der Waals surface area contributed by atoms with E-state index in [0.29, 0.717) is 28.6 Å². The summed E-state index contributed by atoms with van der Waals surface area (Å²) in [5, 5.41) is 3.95. The second-order valence-electron chi connectivity index (χ2n) is 9.81. The lowest BCUT2D eigenvalue weighted by Gasteiger charge is -2.33. The maximum absolute atomic E-state index is 13.6. The molecule has 7 nitrogen and oxygen atoms in total. The minimum absolute atomic E-state index is 0.0907. The standard InChI is InChI=1S/C28H37Cl2N3O4S/c1-3-26(28(35)31-22-11-6-4-7-12-22)32(20-21-16-17-24(29)25(30)19-21)27(34)15-10-18-33(38(2,36)37)23-13-8-5-9-14-23/h5,8-9,13-14,16-17,19,22,26H,3-4,6-7,10-12,15,18,20H2,1-2H3,(H,31,35)/t26-/m1/s1. The Morgan fingerprint density at radius 3 is 2.32 bits per heavy atom. The van der Waals surface area contributed by atoms with Crippen LogP contribution in [0.2, 0.25) is 10.0 Å². The number of nitrogens with one attached hydrogen (secondary N) is 1. The third-order valence-electron chi connectivity index (χ3n) is 6.87. The second kappa shape index (κ2) is 14.2. The van der Waals surface area contributed by atoms with Crippen LogP contribution in [-0.2, 0) is 26.2 Å². The van der Waals surface area contributed by atoms with Crippen molar-refractivity contribution in [1.82, 2.24) is 10.2 Å². The average Bonchev–Trinajstić information content (AvgIpc) is 2.88. The number of para-hydroxylation sites is 1. The first-order chi connectivity index (χ1) is 18.1. The second-order valence-corrected chi connectivity index (χ2v) is 12.5. The highest BCUT2D eigenvalue weighted by Crippen LogP contribution is 2.25. The lowest BCUT2D eigenvalue weighted by molar-refractivity contribution is -0.141. The number of rotatable bonds is 12. The van der Waals surface area contributed by atoms with Crippen LogP contribution >= 0.6 is 23.2 Å². The van der Waals surface area contributed by atoms with Crippen molar-refractivity contribution in [2.24, 2.45) is 0 Å². The van der Waals surface area contributed by atoms with Gasteiger partial charge in [0.05, 0.1) is 22.0 Å². The quantitative estimate of drug-likeness (QED) is 0.343. The summed E-state index contributed by atoms with van der Waals surface area (Å²) in [7, 11) is -3.53. The van der Waals surface area contributed by atoms with Crippen LogP contribution in [0.4, 0.5) is 5.69 Å². The first kappa shape index (κ1) is 30.3. The van der Waals surface area contributed by atoms with E-state index in [-0.39, 0.29) is 37.4 Å². The van der Waals surface area contributed by atoms with Gasteiger partial charge in [-0.1, -0.05) is 73.7 Å². The Morgan fingerprint density at radius 2 is 1.71 bits per heavy atom. The molecule has 1 N–H and O–H groups in total. The maximum atomic E-state index is 13.6. The molecule has 0 aromatic heterocycles. The molecule has 0 spiro atoms. The molecule has 2 amide bonds. The van der Waals surface area contributed by atoms with Gasteiger partial charge in [0.2, 0.25) is 21.8 Å². The predicted octanol–water partition coefficient (Wildman–Crippen LogP) is 5.80. The number of benzene rings is 2. The first-order valence-electron chi connectivity index (χ1n) is 13.2. The molecule has 1 aliphatic rings. The van der Waals surface area contributed by atoms with Crippen LogP contribution in [0.1, 0.15) is 63.9 Å². The van der Waals surface area contributed by atoms with Crippen molar-refractivity contribution in [2.45, 2.75) is 76.9 Å². The average molecular weight is 583 g/mol. The normalized spacial score (nSPS) is 15.1. The molecule has 38 heavy (non-hydrogen) atoms. The summed E-state index contributed by atoms with van der Waals surface area (Å²) in [6.07, 6.45) is 7.25. The van der Waals surface area contributed by atoms with E-state index in [9.17, 15) is 18.0 Å². The van der Waals surface area contributed by atoms with Gasteiger partial charge in [-0.25, -0.2) is 8.42 Å². The molecule has 0 heterocycles. The van der Waals surface area contributed by atoms with Crippen LogP contribution in [0.15, 0.2) is 48.5 Å². The highest BCUT2D eigenvalue weighted by molar-refractivity contribution is 7.92. The summed E-state index contributed by atoms with van der Waals surface area (Å²) in [4.78, 5) is 28.5. The van der Waals surface area contributed by atoms with E-state index in [1.54, 1.807) is 47.4 Å². The van der Waals surface area contributed by atoms with Gasteiger partial charge in [0.25, 0.3) is 0 Å². The van der Waals surface area contributed by atoms with Crippen molar-refractivity contribution in [3.63, 3.8) is 0 Å². The van der Waals surface area contributed by atoms with Crippen molar-refractivity contribution >= 4 is 50.7 Å². The molecule has 2 aromatic rings. The molecule has 0 unspecified atom stereocenters. The monoisotopic (exact) mass is 581 g/mol. The number of halogens is 2. The van der Waals surface area contributed by atoms with Gasteiger partial charge in [-0.2, -0.15) is 0 Å². The Balaban J connectivity index is 1.76. The molecule has 0 saturated heterocycles. The molecule has 0 aliphatic heterocycles. The van der Waals surface area contributed by atoms with Crippen molar-refractivity contribution in [1.29, 1.82) is 0 Å². The Labute approximate surface area is 236 Å². The van der Waals surface area contributed by atoms with Gasteiger partial charge in [0, 0.05) is 25.6 Å². The molecule has 0 bridgehead atoms. The number of carbonyl (C=O) groups is 2. The fourth-order valence-corrected chi connectivity index (χ4v) is 6.18. The molecule has 3 rings (SSSR count). The number of amides is 2. The van der Waals surface area contributed by atoms with Crippen molar-refractivity contribution in [3.05, 3.63) is 64.1 Å². The van der Waals surface area contributed by atoms with Gasteiger partial charge in [-0.15, -0.1) is 0 Å². The highest BCUT2D eigenvalue weighted by atomic mass is 35.5. The zero-order valence-corrected chi connectivity index (χ0v) is 24.4. The third-order valence-corrected chi connectivity index (χ3v) is 8.80. The molecule has 208 valence electrons. The van der Waals surface area contributed by atoms with Gasteiger partial charge in [0.15, 0.2) is 0 Å². The zero-order chi connectivity index (χ0) is 27.7. The lowest BCUT2D eigenvalue weighted by atomic mass is 9.95. The summed E-state index contributed by atoms with van der Waals surface area (Å²) in [5.41, 5.74) is 1.31. The molecule has 0 radical (unpaired) electrons. The van der Waals surface area contributed by atoms with Gasteiger partial charge < -0.3 is 10.2 Å². The van der Waals surface area contributed by atoms with E-state index in [4.69, 9.17) is 23.2 Å². The summed E-state index contributed by atoms with van der Waals surface area (Å²) in [6, 6.07) is 13.5. The maximum Gasteiger partial charge on any atom is 0.243 e. The van der Waals surface area contributed by atoms with E-state index < -0.39 is 16.1 Å². The Morgan fingerprint density at radius 1 is 1.03 bits per heavy atom. The van der Waals surface area contributed by atoms with Crippen molar-refractivity contribution < 1.29 is 18.0 Å². The highest BCUT2D eigenvalue weighted by Gasteiger charge is 2.30. The topological polar surface area (TPSA) is 86.8 Å². The molecule has 2 aromatic carbocycles. The zero-order valence-electron chi connectivity index (χ0n) is 22.0. The van der Waals surface area contributed by atoms with Crippen LogP contribution in [0.3, 0.4) is 0 Å². The number of hydrogen-bond acceptors (Lipinski definition) is 4. The van der Waals surface area contributed by atoms with E-state index in [0.717, 1.165) is 37.5 Å². The van der Waals surface area contributed by atoms with Gasteiger partial charge >= 0.3 is 0 Å². The van der Waals surface area contributed by atoms with E-state index in [1.165, 1.54) is 10.7 Å². The van der Waals surface area contributed by atoms with E-state index >= 15 is 0 Å². The minimum Gasteiger partial charge on any atom is -0.352 e. The number of hydrogen-bond donors (Lipinski definition) is 1. The molecular formula is C28H37Cl2N3O4S. The summed E-state index contributed by atoms with van der Waals surface area (Å²) >= 11 is 12.3. The molecule has 1 atom stereocenters. The van der Waals surface area contributed by atoms with E-state index in [2.05, 4.69) is 5.32 Å². The molecule has 10 heteroatoms. The van der Waals surface area contributed by atoms with Gasteiger partial charge in [-0.05, 0) is 55.5 Å². The molecule has 1 fully saturated rings. The van der Waals surface area contributed by atoms with Crippen LogP contribution in [-0.4, -0.2) is 50.0 Å². The molecule has 1 saturated carbocycles. The summed E-state index contributed by atoms with van der Waals surface area (Å²) in [5.74, 6) is -0.377. The number of carbonyl (C=O) groups excluding carboxylic acids is 2. The smallest absolute Gasteiger partial charge is 0.243 e. The third kappa shape index (κ3) is 8.61. The Kier molecular flexibility index (Phi) is 11.3. The summed E-state index contributed by atoms with van der Waals surface area (Å²) < 4.78 is 26.2. The van der Waals surface area contributed by atoms with Gasteiger partial charge in [0.1, 0.15) is 6.04 Å². The van der Waals surface area contributed by atoms with Crippen LogP contribution in [0, 0.1) is 0 Å². The lowest BCUT2D eigenvalue weighted by Crippen LogP contribution is -2.51. The van der Waals surface area contributed by atoms with Crippen molar-refractivity contribution in [2.75, 3.05) is 17.1 Å². The molecular weight excluding hydrogens is 545 g/mol. The predicted molar refractivity (Wildman–Crippen MR) is 154 cm³/mol. The SMILES string of the molecule is CC[C@H](C(=O)NC1CCCCC1)N(Cc1ccc(Cl)c(Cl)c1)C(=O)CCCN(c1ccccc1)S(C)(=O)=O. The fraction of sp³-hybridized carbons (Fsp3) is 0.500. The summed E-state index contributed by atoms with van der Waals surface area (Å²) in [6.45, 7) is 2.24. The Hall–Kier alpha value is -2.29. The largest absolute Gasteiger partial charge is 0.352 e. The first-order valence-corrected chi connectivity index (χ1v) is 15.8. The molecule has 1 aliphatic carbocycles. The Bertz CT molecular complexity index is 1190. The fourth-order valence-electron chi connectivity index (χ4n) is 4.90.